The van der Waals surface area contributed by atoms with Gasteiger partial charge < -0.3 is 5.32 Å². The number of pyridine rings is 1. The van der Waals surface area contributed by atoms with Gasteiger partial charge in [-0.1, -0.05) is 18.2 Å². The van der Waals surface area contributed by atoms with Crippen LogP contribution in [-0.2, 0) is 4.79 Å². The molecule has 0 radical (unpaired) electrons. The van der Waals surface area contributed by atoms with Crippen LogP contribution in [0.5, 0.6) is 0 Å². The molecule has 0 fully saturated rings. The Morgan fingerprint density at radius 2 is 2.00 bits per heavy atom. The van der Waals surface area contributed by atoms with Gasteiger partial charge >= 0.3 is 0 Å². The molecule has 0 saturated carbocycles. The molecule has 1 aromatic carbocycles. The normalized spacial score (nSPS) is 11.1. The Hall–Kier alpha value is -2.53. The Labute approximate surface area is 126 Å². The second-order valence-electron chi connectivity index (χ2n) is 4.51. The number of amides is 1. The summed E-state index contributed by atoms with van der Waals surface area (Å²) in [6.45, 7) is 1.88. The first-order valence-corrected chi connectivity index (χ1v) is 7.31. The first-order chi connectivity index (χ1) is 10.2. The SMILES string of the molecule is Cc1cccc(NC(=O)/C=C/c2nc3ccccc3s2)n1. The molecule has 0 saturated heterocycles. The Morgan fingerprint density at radius 3 is 2.81 bits per heavy atom. The summed E-state index contributed by atoms with van der Waals surface area (Å²) >= 11 is 1.55. The van der Waals surface area contributed by atoms with E-state index in [1.54, 1.807) is 23.5 Å². The number of fused-ring (bicyclic) bond motifs is 1. The molecule has 4 nitrogen and oxygen atoms in total. The number of aryl methyl sites for hydroxylation is 1. The minimum absolute atomic E-state index is 0.215. The van der Waals surface area contributed by atoms with Crippen molar-refractivity contribution >= 4 is 39.4 Å². The second-order valence-corrected chi connectivity index (χ2v) is 5.57. The Morgan fingerprint density at radius 1 is 1.14 bits per heavy atom. The molecule has 21 heavy (non-hydrogen) atoms. The molecule has 1 amide bonds. The third kappa shape index (κ3) is 3.32. The predicted molar refractivity (Wildman–Crippen MR) is 86.3 cm³/mol. The molecular formula is C16H13N3OS. The van der Waals surface area contributed by atoms with Crippen LogP contribution in [0.1, 0.15) is 10.7 Å². The van der Waals surface area contributed by atoms with Gasteiger partial charge in [0.2, 0.25) is 5.91 Å². The van der Waals surface area contributed by atoms with Crippen molar-refractivity contribution in [1.29, 1.82) is 0 Å². The number of hydrogen-bond donors (Lipinski definition) is 1. The highest BCUT2D eigenvalue weighted by molar-refractivity contribution is 7.19. The molecule has 2 aromatic heterocycles. The van der Waals surface area contributed by atoms with Crippen molar-refractivity contribution in [2.75, 3.05) is 5.32 Å². The van der Waals surface area contributed by atoms with E-state index in [1.165, 1.54) is 6.08 Å². The van der Waals surface area contributed by atoms with Gasteiger partial charge in [-0.3, -0.25) is 4.79 Å². The average Bonchev–Trinajstić information content (AvgIpc) is 2.88. The summed E-state index contributed by atoms with van der Waals surface area (Å²) in [4.78, 5) is 20.5. The Kier molecular flexibility index (Phi) is 3.75. The minimum Gasteiger partial charge on any atom is -0.307 e. The summed E-state index contributed by atoms with van der Waals surface area (Å²) in [5.74, 6) is 0.335. The van der Waals surface area contributed by atoms with Gasteiger partial charge in [0.15, 0.2) is 0 Å². The van der Waals surface area contributed by atoms with Crippen LogP contribution < -0.4 is 5.32 Å². The molecule has 104 valence electrons. The minimum atomic E-state index is -0.215. The van der Waals surface area contributed by atoms with E-state index in [0.717, 1.165) is 20.9 Å². The molecule has 0 bridgehead atoms. The van der Waals surface area contributed by atoms with E-state index in [-0.39, 0.29) is 5.91 Å². The maximum Gasteiger partial charge on any atom is 0.249 e. The predicted octanol–water partition coefficient (Wildman–Crippen LogP) is 3.65. The zero-order valence-electron chi connectivity index (χ0n) is 11.4. The number of hydrogen-bond acceptors (Lipinski definition) is 4. The smallest absolute Gasteiger partial charge is 0.249 e. The van der Waals surface area contributed by atoms with Crippen LogP contribution in [0.3, 0.4) is 0 Å². The van der Waals surface area contributed by atoms with Gasteiger partial charge in [0.05, 0.1) is 10.2 Å². The van der Waals surface area contributed by atoms with Crippen LogP contribution in [0.4, 0.5) is 5.82 Å². The summed E-state index contributed by atoms with van der Waals surface area (Å²) < 4.78 is 1.11. The molecule has 0 aliphatic carbocycles. The van der Waals surface area contributed by atoms with Gasteiger partial charge in [-0.15, -0.1) is 11.3 Å². The van der Waals surface area contributed by atoms with E-state index in [2.05, 4.69) is 15.3 Å². The van der Waals surface area contributed by atoms with Gasteiger partial charge in [0.25, 0.3) is 0 Å². The summed E-state index contributed by atoms with van der Waals surface area (Å²) in [6.07, 6.45) is 3.19. The van der Waals surface area contributed by atoms with Gasteiger partial charge in [0, 0.05) is 11.8 Å². The largest absolute Gasteiger partial charge is 0.307 e. The van der Waals surface area contributed by atoms with Crippen molar-refractivity contribution in [2.45, 2.75) is 6.92 Å². The van der Waals surface area contributed by atoms with E-state index < -0.39 is 0 Å². The monoisotopic (exact) mass is 295 g/mol. The first-order valence-electron chi connectivity index (χ1n) is 6.49. The van der Waals surface area contributed by atoms with E-state index in [1.807, 2.05) is 43.3 Å². The summed E-state index contributed by atoms with van der Waals surface area (Å²) in [5.41, 5.74) is 1.81. The van der Waals surface area contributed by atoms with E-state index in [4.69, 9.17) is 0 Å². The molecule has 0 aliphatic heterocycles. The van der Waals surface area contributed by atoms with E-state index >= 15 is 0 Å². The van der Waals surface area contributed by atoms with Crippen molar-refractivity contribution in [3.63, 3.8) is 0 Å². The number of carbonyl (C=O) groups is 1. The molecule has 3 rings (SSSR count). The number of para-hydroxylation sites is 1. The number of nitrogens with one attached hydrogen (secondary N) is 1. The number of thiazole rings is 1. The zero-order valence-corrected chi connectivity index (χ0v) is 12.2. The quantitative estimate of drug-likeness (QED) is 0.750. The average molecular weight is 295 g/mol. The molecule has 2 heterocycles. The van der Waals surface area contributed by atoms with Crippen molar-refractivity contribution in [2.24, 2.45) is 0 Å². The van der Waals surface area contributed by atoms with Gasteiger partial charge in [-0.2, -0.15) is 0 Å². The maximum atomic E-state index is 11.9. The van der Waals surface area contributed by atoms with Gasteiger partial charge in [0.1, 0.15) is 10.8 Å². The van der Waals surface area contributed by atoms with Crippen LogP contribution in [0.15, 0.2) is 48.5 Å². The number of rotatable bonds is 3. The molecule has 0 aliphatic rings. The molecule has 1 N–H and O–H groups in total. The van der Waals surface area contributed by atoms with E-state index in [0.29, 0.717) is 5.82 Å². The van der Waals surface area contributed by atoms with Crippen LogP contribution in [-0.4, -0.2) is 15.9 Å². The molecule has 5 heteroatoms. The molecular weight excluding hydrogens is 282 g/mol. The molecule has 0 spiro atoms. The fraction of sp³-hybridized carbons (Fsp3) is 0.0625. The first kappa shape index (κ1) is 13.5. The van der Waals surface area contributed by atoms with Crippen LogP contribution in [0.25, 0.3) is 16.3 Å². The lowest BCUT2D eigenvalue weighted by molar-refractivity contribution is -0.111. The Balaban J connectivity index is 1.71. The van der Waals surface area contributed by atoms with Crippen LogP contribution in [0.2, 0.25) is 0 Å². The van der Waals surface area contributed by atoms with Gasteiger partial charge in [-0.25, -0.2) is 9.97 Å². The fourth-order valence-corrected chi connectivity index (χ4v) is 2.76. The van der Waals surface area contributed by atoms with Crippen molar-refractivity contribution in [1.82, 2.24) is 9.97 Å². The molecule has 3 aromatic rings. The molecule has 0 atom stereocenters. The fourth-order valence-electron chi connectivity index (χ4n) is 1.89. The second kappa shape index (κ2) is 5.85. The van der Waals surface area contributed by atoms with Crippen molar-refractivity contribution < 1.29 is 4.79 Å². The highest BCUT2D eigenvalue weighted by Crippen LogP contribution is 2.22. The van der Waals surface area contributed by atoms with Crippen LogP contribution >= 0.6 is 11.3 Å². The summed E-state index contributed by atoms with van der Waals surface area (Å²) in [7, 11) is 0. The number of carbonyl (C=O) groups excluding carboxylic acids is 1. The number of benzene rings is 1. The van der Waals surface area contributed by atoms with Gasteiger partial charge in [-0.05, 0) is 37.3 Å². The van der Waals surface area contributed by atoms with E-state index in [9.17, 15) is 4.79 Å². The number of aromatic nitrogens is 2. The number of anilines is 1. The topological polar surface area (TPSA) is 54.9 Å². The zero-order chi connectivity index (χ0) is 14.7. The highest BCUT2D eigenvalue weighted by Gasteiger charge is 2.02. The highest BCUT2D eigenvalue weighted by atomic mass is 32.1. The maximum absolute atomic E-state index is 11.9. The number of nitrogens with zero attached hydrogens (tertiary/aromatic N) is 2. The van der Waals surface area contributed by atoms with Crippen LogP contribution in [0, 0.1) is 6.92 Å². The van der Waals surface area contributed by atoms with Crippen molar-refractivity contribution in [3.05, 3.63) is 59.2 Å². The summed E-state index contributed by atoms with van der Waals surface area (Å²) in [5, 5.41) is 3.54. The lowest BCUT2D eigenvalue weighted by Crippen LogP contribution is -2.09. The third-order valence-electron chi connectivity index (χ3n) is 2.83. The lowest BCUT2D eigenvalue weighted by Gasteiger charge is -2.01. The standard InChI is InChI=1S/C16H13N3OS/c1-11-5-4-8-14(17-11)19-15(20)9-10-16-18-12-6-2-3-7-13(12)21-16/h2-10H,1H3,(H,17,19,20)/b10-9+. The molecule has 0 unspecified atom stereocenters. The Bertz CT molecular complexity index is 790. The summed E-state index contributed by atoms with van der Waals surface area (Å²) in [6, 6.07) is 13.4. The van der Waals surface area contributed by atoms with Crippen molar-refractivity contribution in [3.8, 4) is 0 Å². The lowest BCUT2D eigenvalue weighted by atomic mass is 10.3. The third-order valence-corrected chi connectivity index (χ3v) is 3.83.